The Hall–Kier alpha value is -3.11. The summed E-state index contributed by atoms with van der Waals surface area (Å²) in [5, 5.41) is 7.55. The van der Waals surface area contributed by atoms with Crippen LogP contribution in [0.25, 0.3) is 16.1 Å². The summed E-state index contributed by atoms with van der Waals surface area (Å²) in [7, 11) is 0. The average Bonchev–Trinajstić information content (AvgIpc) is 3.33. The molecule has 1 amide bonds. The molecule has 160 valence electrons. The molecule has 0 bridgehead atoms. The summed E-state index contributed by atoms with van der Waals surface area (Å²) in [6.07, 6.45) is -4.53. The first-order valence-electron chi connectivity index (χ1n) is 8.99. The average molecular weight is 467 g/mol. The van der Waals surface area contributed by atoms with E-state index >= 15 is 0 Å². The first-order valence-corrected chi connectivity index (χ1v) is 10.2. The molecule has 0 saturated carbocycles. The van der Waals surface area contributed by atoms with Gasteiger partial charge in [0.25, 0.3) is 5.56 Å². The van der Waals surface area contributed by atoms with Gasteiger partial charge in [0.05, 0.1) is 29.8 Å². The van der Waals surface area contributed by atoms with Crippen molar-refractivity contribution in [3.8, 4) is 10.4 Å². The number of aromatic amines is 1. The van der Waals surface area contributed by atoms with E-state index in [-0.39, 0.29) is 23.7 Å². The highest BCUT2D eigenvalue weighted by molar-refractivity contribution is 7.13. The lowest BCUT2D eigenvalue weighted by Gasteiger charge is -2.08. The molecule has 1 aromatic carbocycles. The van der Waals surface area contributed by atoms with E-state index in [1.165, 1.54) is 34.1 Å². The zero-order valence-corrected chi connectivity index (χ0v) is 17.2. The Bertz CT molecular complexity index is 1300. The molecule has 0 atom stereocenters. The van der Waals surface area contributed by atoms with Crippen LogP contribution in [0.1, 0.15) is 16.8 Å². The predicted molar refractivity (Wildman–Crippen MR) is 111 cm³/mol. The van der Waals surface area contributed by atoms with Gasteiger partial charge in [-0.1, -0.05) is 29.8 Å². The van der Waals surface area contributed by atoms with Crippen LogP contribution < -0.4 is 10.9 Å². The van der Waals surface area contributed by atoms with Gasteiger partial charge >= 0.3 is 6.18 Å². The van der Waals surface area contributed by atoms with E-state index < -0.39 is 17.6 Å². The van der Waals surface area contributed by atoms with Crippen molar-refractivity contribution in [3.63, 3.8) is 0 Å². The van der Waals surface area contributed by atoms with Crippen molar-refractivity contribution >= 4 is 34.5 Å². The molecule has 0 aliphatic heterocycles. The number of benzene rings is 1. The Morgan fingerprint density at radius 1 is 1.23 bits per heavy atom. The van der Waals surface area contributed by atoms with Gasteiger partial charge in [-0.3, -0.25) is 14.7 Å². The van der Waals surface area contributed by atoms with Gasteiger partial charge in [0.1, 0.15) is 5.15 Å². The van der Waals surface area contributed by atoms with Crippen LogP contribution in [0.2, 0.25) is 5.15 Å². The van der Waals surface area contributed by atoms with Gasteiger partial charge < -0.3 is 5.32 Å². The third-order valence-electron chi connectivity index (χ3n) is 4.51. The van der Waals surface area contributed by atoms with Gasteiger partial charge in [0.15, 0.2) is 5.65 Å². The third-order valence-corrected chi connectivity index (χ3v) is 5.67. The van der Waals surface area contributed by atoms with Gasteiger partial charge in [-0.2, -0.15) is 17.7 Å². The lowest BCUT2D eigenvalue weighted by Crippen LogP contribution is -2.26. The molecule has 6 nitrogen and oxygen atoms in total. The molecular weight excluding hydrogens is 453 g/mol. The number of carbonyl (C=O) groups is 1. The number of hydrogen-bond donors (Lipinski definition) is 2. The Morgan fingerprint density at radius 3 is 2.61 bits per heavy atom. The highest BCUT2D eigenvalue weighted by atomic mass is 35.5. The van der Waals surface area contributed by atoms with E-state index in [1.807, 2.05) is 17.5 Å². The van der Waals surface area contributed by atoms with E-state index in [0.717, 1.165) is 17.0 Å². The largest absolute Gasteiger partial charge is 0.416 e. The standard InChI is InChI=1S/C20H14ClF3N4O2S/c21-18-17(14-2-1-7-31-14)19-26-13(9-16(30)28(19)27-18)10-25-15(29)8-11-3-5-12(6-4-11)20(22,23)24/h1-7,9,27H,8,10H2,(H,25,29). The molecule has 2 N–H and O–H groups in total. The van der Waals surface area contributed by atoms with Crippen LogP contribution in [0, 0.1) is 0 Å². The number of carbonyl (C=O) groups excluding carboxylic acids is 1. The molecule has 0 saturated heterocycles. The number of halogens is 4. The predicted octanol–water partition coefficient (Wildman–Crippen LogP) is 4.28. The lowest BCUT2D eigenvalue weighted by molar-refractivity contribution is -0.137. The molecule has 31 heavy (non-hydrogen) atoms. The summed E-state index contributed by atoms with van der Waals surface area (Å²) in [6.45, 7) is -0.0160. The number of hydrogen-bond acceptors (Lipinski definition) is 4. The van der Waals surface area contributed by atoms with Crippen LogP contribution in [0.4, 0.5) is 13.2 Å². The number of amides is 1. The minimum atomic E-state index is -4.43. The molecular formula is C20H14ClF3N4O2S. The fourth-order valence-corrected chi connectivity index (χ4v) is 4.14. The number of rotatable bonds is 5. The summed E-state index contributed by atoms with van der Waals surface area (Å²) in [5.41, 5.74) is 0.535. The van der Waals surface area contributed by atoms with Crippen LogP contribution >= 0.6 is 22.9 Å². The lowest BCUT2D eigenvalue weighted by atomic mass is 10.1. The second kappa shape index (κ2) is 8.20. The zero-order valence-electron chi connectivity index (χ0n) is 15.7. The van der Waals surface area contributed by atoms with Crippen molar-refractivity contribution < 1.29 is 18.0 Å². The monoisotopic (exact) mass is 466 g/mol. The van der Waals surface area contributed by atoms with Crippen molar-refractivity contribution in [3.05, 3.63) is 80.2 Å². The Morgan fingerprint density at radius 2 is 1.97 bits per heavy atom. The number of nitrogens with one attached hydrogen (secondary N) is 2. The maximum Gasteiger partial charge on any atom is 0.416 e. The minimum absolute atomic E-state index is 0.0160. The van der Waals surface area contributed by atoms with Crippen LogP contribution in [-0.4, -0.2) is 20.5 Å². The first-order chi connectivity index (χ1) is 14.7. The van der Waals surface area contributed by atoms with Gasteiger partial charge in [0, 0.05) is 10.9 Å². The molecule has 0 aliphatic rings. The number of nitrogens with zero attached hydrogens (tertiary/aromatic N) is 2. The van der Waals surface area contributed by atoms with Crippen molar-refractivity contribution in [1.29, 1.82) is 0 Å². The summed E-state index contributed by atoms with van der Waals surface area (Å²) >= 11 is 7.70. The van der Waals surface area contributed by atoms with E-state index in [2.05, 4.69) is 15.4 Å². The van der Waals surface area contributed by atoms with Crippen LogP contribution in [0.5, 0.6) is 0 Å². The third kappa shape index (κ3) is 4.49. The number of aromatic nitrogens is 3. The van der Waals surface area contributed by atoms with Gasteiger partial charge in [0.2, 0.25) is 5.91 Å². The van der Waals surface area contributed by atoms with E-state index in [0.29, 0.717) is 22.5 Å². The molecule has 4 rings (SSSR count). The van der Waals surface area contributed by atoms with Gasteiger partial charge in [-0.15, -0.1) is 11.3 Å². The SMILES string of the molecule is O=C(Cc1ccc(C(F)(F)F)cc1)NCc1cc(=O)n2[nH]c(Cl)c(-c3cccs3)c2n1. The second-order valence-electron chi connectivity index (χ2n) is 6.67. The first kappa shape index (κ1) is 21.1. The van der Waals surface area contributed by atoms with E-state index in [1.54, 1.807) is 0 Å². The van der Waals surface area contributed by atoms with E-state index in [9.17, 15) is 22.8 Å². The Labute approximate surface area is 182 Å². The van der Waals surface area contributed by atoms with Gasteiger partial charge in [-0.25, -0.2) is 4.98 Å². The zero-order chi connectivity index (χ0) is 22.2. The second-order valence-corrected chi connectivity index (χ2v) is 8.00. The molecule has 0 radical (unpaired) electrons. The number of H-pyrrole nitrogens is 1. The fourth-order valence-electron chi connectivity index (χ4n) is 3.04. The minimum Gasteiger partial charge on any atom is -0.350 e. The number of alkyl halides is 3. The van der Waals surface area contributed by atoms with Crippen LogP contribution in [-0.2, 0) is 23.9 Å². The summed E-state index contributed by atoms with van der Waals surface area (Å²) in [4.78, 5) is 29.9. The summed E-state index contributed by atoms with van der Waals surface area (Å²) in [6, 6.07) is 9.36. The highest BCUT2D eigenvalue weighted by Gasteiger charge is 2.30. The Kier molecular flexibility index (Phi) is 5.59. The Balaban J connectivity index is 1.49. The maximum atomic E-state index is 12.6. The van der Waals surface area contributed by atoms with Crippen molar-refractivity contribution in [2.75, 3.05) is 0 Å². The maximum absolute atomic E-state index is 12.6. The smallest absolute Gasteiger partial charge is 0.350 e. The van der Waals surface area contributed by atoms with E-state index in [4.69, 9.17) is 11.6 Å². The molecule has 0 unspecified atom stereocenters. The molecule has 11 heteroatoms. The van der Waals surface area contributed by atoms with Crippen molar-refractivity contribution in [2.45, 2.75) is 19.1 Å². The summed E-state index contributed by atoms with van der Waals surface area (Å²) in [5.74, 6) is -0.410. The molecule has 4 aromatic rings. The molecule has 0 aliphatic carbocycles. The van der Waals surface area contributed by atoms with Crippen molar-refractivity contribution in [1.82, 2.24) is 19.9 Å². The quantitative estimate of drug-likeness (QED) is 0.460. The molecule has 0 spiro atoms. The molecule has 0 fully saturated rings. The van der Waals surface area contributed by atoms with Crippen molar-refractivity contribution in [2.24, 2.45) is 0 Å². The fraction of sp³-hybridized carbons (Fsp3) is 0.150. The summed E-state index contributed by atoms with van der Waals surface area (Å²) < 4.78 is 39.1. The normalized spacial score (nSPS) is 11.7. The number of thiophene rings is 1. The van der Waals surface area contributed by atoms with Crippen LogP contribution in [0.3, 0.4) is 0 Å². The van der Waals surface area contributed by atoms with Gasteiger partial charge in [-0.05, 0) is 29.1 Å². The van der Waals surface area contributed by atoms with Crippen LogP contribution in [0.15, 0.2) is 52.6 Å². The molecule has 3 aromatic heterocycles. The number of fused-ring (bicyclic) bond motifs is 1. The highest BCUT2D eigenvalue weighted by Crippen LogP contribution is 2.33. The topological polar surface area (TPSA) is 79.3 Å². The molecule has 3 heterocycles.